The Bertz CT molecular complexity index is 906. The summed E-state index contributed by atoms with van der Waals surface area (Å²) in [5, 5.41) is 0. The minimum absolute atomic E-state index is 0.0802. The molecule has 2 aromatic carbocycles. The quantitative estimate of drug-likeness (QED) is 0.326. The smallest absolute Gasteiger partial charge is 0.253 e. The van der Waals surface area contributed by atoms with Crippen molar-refractivity contribution < 1.29 is 9.59 Å². The Balaban J connectivity index is 1.75. The van der Waals surface area contributed by atoms with Gasteiger partial charge in [-0.25, -0.2) is 0 Å². The van der Waals surface area contributed by atoms with E-state index in [0.29, 0.717) is 0 Å². The highest BCUT2D eigenvalue weighted by Gasteiger charge is 2.13. The summed E-state index contributed by atoms with van der Waals surface area (Å²) in [7, 11) is 0. The molecule has 4 nitrogen and oxygen atoms in total. The van der Waals surface area contributed by atoms with Gasteiger partial charge in [0.15, 0.2) is 0 Å². The lowest BCUT2D eigenvalue weighted by Crippen LogP contribution is -2.30. The van der Waals surface area contributed by atoms with Gasteiger partial charge >= 0.3 is 0 Å². The lowest BCUT2D eigenvalue weighted by Gasteiger charge is -2.18. The van der Waals surface area contributed by atoms with Crippen LogP contribution >= 0.6 is 35.7 Å². The molecule has 0 heterocycles. The molecular formula is C26H34N2O2S3. The topological polar surface area (TPSA) is 40.6 Å². The number of benzene rings is 2. The van der Waals surface area contributed by atoms with E-state index in [2.05, 4.69) is 0 Å². The number of thioether (sulfide) groups is 2. The van der Waals surface area contributed by atoms with Gasteiger partial charge in [-0.3, -0.25) is 9.59 Å². The molecule has 0 aliphatic rings. The van der Waals surface area contributed by atoms with Gasteiger partial charge in [0, 0.05) is 54.6 Å². The fourth-order valence-corrected chi connectivity index (χ4v) is 5.56. The Hall–Kier alpha value is -1.83. The van der Waals surface area contributed by atoms with E-state index in [0.717, 1.165) is 64.3 Å². The van der Waals surface area contributed by atoms with Crippen molar-refractivity contribution in [3.8, 4) is 0 Å². The van der Waals surface area contributed by atoms with Crippen molar-refractivity contribution in [1.29, 1.82) is 0 Å². The van der Waals surface area contributed by atoms with E-state index >= 15 is 0 Å². The van der Waals surface area contributed by atoms with Gasteiger partial charge in [-0.15, -0.1) is 11.8 Å². The van der Waals surface area contributed by atoms with Crippen LogP contribution in [0.2, 0.25) is 0 Å². The van der Waals surface area contributed by atoms with Gasteiger partial charge < -0.3 is 9.80 Å². The lowest BCUT2D eigenvalue weighted by molar-refractivity contribution is 0.0765. The van der Waals surface area contributed by atoms with E-state index < -0.39 is 0 Å². The number of hydrogen-bond acceptors (Lipinski definition) is 5. The van der Waals surface area contributed by atoms with E-state index in [1.807, 2.05) is 86.0 Å². The van der Waals surface area contributed by atoms with Crippen LogP contribution in [0.15, 0.2) is 48.5 Å². The van der Waals surface area contributed by atoms with Crippen molar-refractivity contribution in [2.75, 3.05) is 31.9 Å². The van der Waals surface area contributed by atoms with Crippen LogP contribution in [0.3, 0.4) is 0 Å². The third-order valence-electron chi connectivity index (χ3n) is 5.39. The number of amides is 2. The summed E-state index contributed by atoms with van der Waals surface area (Å²) in [6, 6.07) is 15.7. The molecule has 33 heavy (non-hydrogen) atoms. The highest BCUT2D eigenvalue weighted by atomic mass is 32.2. The van der Waals surface area contributed by atoms with E-state index in [4.69, 9.17) is 12.2 Å². The molecule has 2 amide bonds. The highest BCUT2D eigenvalue weighted by Crippen LogP contribution is 2.21. The molecule has 2 aromatic rings. The first-order chi connectivity index (χ1) is 15.9. The molecule has 0 atom stereocenters. The maximum atomic E-state index is 12.4. The molecule has 2 rings (SSSR count). The van der Waals surface area contributed by atoms with Crippen LogP contribution in [-0.4, -0.2) is 57.7 Å². The lowest BCUT2D eigenvalue weighted by atomic mass is 10.1. The maximum Gasteiger partial charge on any atom is 0.253 e. The van der Waals surface area contributed by atoms with Crippen molar-refractivity contribution in [3.63, 3.8) is 0 Å². The predicted molar refractivity (Wildman–Crippen MR) is 147 cm³/mol. The second-order valence-electron chi connectivity index (χ2n) is 7.50. The average Bonchev–Trinajstić information content (AvgIpc) is 2.85. The summed E-state index contributed by atoms with van der Waals surface area (Å²) in [4.78, 5) is 28.5. The first-order valence-electron chi connectivity index (χ1n) is 11.4. The van der Waals surface area contributed by atoms with Crippen LogP contribution in [-0.2, 0) is 11.5 Å². The molecule has 0 unspecified atom stereocenters. The summed E-state index contributed by atoms with van der Waals surface area (Å²) in [6.45, 7) is 10.9. The molecule has 0 aliphatic carbocycles. The van der Waals surface area contributed by atoms with Crippen LogP contribution in [0.4, 0.5) is 0 Å². The Morgan fingerprint density at radius 1 is 0.697 bits per heavy atom. The summed E-state index contributed by atoms with van der Waals surface area (Å²) in [6.07, 6.45) is 0. The summed E-state index contributed by atoms with van der Waals surface area (Å²) >= 11 is 9.00. The van der Waals surface area contributed by atoms with Crippen molar-refractivity contribution >= 4 is 51.8 Å². The molecule has 178 valence electrons. The molecule has 0 bridgehead atoms. The van der Waals surface area contributed by atoms with E-state index in [9.17, 15) is 9.59 Å². The minimum atomic E-state index is 0.0802. The number of thiocarbonyl (C=S) groups is 1. The molecule has 7 heteroatoms. The molecule has 0 saturated heterocycles. The zero-order valence-electron chi connectivity index (χ0n) is 20.0. The Kier molecular flexibility index (Phi) is 12.0. The zero-order valence-corrected chi connectivity index (χ0v) is 22.5. The Labute approximate surface area is 212 Å². The van der Waals surface area contributed by atoms with Crippen molar-refractivity contribution in [2.24, 2.45) is 0 Å². The Morgan fingerprint density at radius 3 is 1.48 bits per heavy atom. The number of rotatable bonds is 12. The summed E-state index contributed by atoms with van der Waals surface area (Å²) in [5.74, 6) is 2.64. The van der Waals surface area contributed by atoms with Crippen molar-refractivity contribution in [2.45, 2.75) is 39.2 Å². The van der Waals surface area contributed by atoms with Crippen LogP contribution in [0.25, 0.3) is 0 Å². The third kappa shape index (κ3) is 8.47. The van der Waals surface area contributed by atoms with Gasteiger partial charge in [0.2, 0.25) is 0 Å². The van der Waals surface area contributed by atoms with Crippen LogP contribution in [0.5, 0.6) is 0 Å². The third-order valence-corrected chi connectivity index (χ3v) is 8.23. The molecular weight excluding hydrogens is 468 g/mol. The molecule has 0 N–H and O–H groups in total. The molecule has 0 aromatic heterocycles. The minimum Gasteiger partial charge on any atom is -0.339 e. The summed E-state index contributed by atoms with van der Waals surface area (Å²) in [5.41, 5.74) is 3.83. The van der Waals surface area contributed by atoms with Gasteiger partial charge in [0.25, 0.3) is 11.8 Å². The van der Waals surface area contributed by atoms with Gasteiger partial charge in [-0.1, -0.05) is 36.5 Å². The summed E-state index contributed by atoms with van der Waals surface area (Å²) < 4.78 is 0.969. The number of nitrogens with zero attached hydrogens (tertiary/aromatic N) is 2. The average molecular weight is 503 g/mol. The Morgan fingerprint density at radius 2 is 1.09 bits per heavy atom. The van der Waals surface area contributed by atoms with Gasteiger partial charge in [0.1, 0.15) is 0 Å². The molecule has 0 radical (unpaired) electrons. The fraction of sp³-hybridized carbons (Fsp3) is 0.423. The standard InChI is InChI=1S/C26H34N2O2S3/c1-5-27(6-2)25(29)22-13-9-20(10-14-22)17-32-19-24(31)33-18-21-11-15-23(16-12-21)26(30)28(7-3)8-4/h9-16H,5-8,17-19H2,1-4H3. The fourth-order valence-electron chi connectivity index (χ4n) is 3.33. The number of carbonyl (C=O) groups is 2. The largest absolute Gasteiger partial charge is 0.339 e. The molecule has 0 fully saturated rings. The van der Waals surface area contributed by atoms with E-state index in [-0.39, 0.29) is 11.8 Å². The number of carbonyl (C=O) groups excluding carboxylic acids is 2. The van der Waals surface area contributed by atoms with Gasteiger partial charge in [-0.2, -0.15) is 11.8 Å². The number of hydrogen-bond donors (Lipinski definition) is 0. The van der Waals surface area contributed by atoms with Gasteiger partial charge in [0.05, 0.1) is 4.20 Å². The van der Waals surface area contributed by atoms with Crippen LogP contribution < -0.4 is 0 Å². The SMILES string of the molecule is CCN(CC)C(=O)c1ccc(CSCC(=S)SCc2ccc(C(=O)N(CC)CC)cc2)cc1. The normalized spacial score (nSPS) is 10.7. The highest BCUT2D eigenvalue weighted by molar-refractivity contribution is 8.24. The van der Waals surface area contributed by atoms with Crippen LogP contribution in [0.1, 0.15) is 59.5 Å². The first-order valence-corrected chi connectivity index (χ1v) is 14.0. The second-order valence-corrected chi connectivity index (χ2v) is 10.3. The molecule has 0 saturated carbocycles. The first kappa shape index (κ1) is 27.4. The van der Waals surface area contributed by atoms with E-state index in [1.165, 1.54) is 5.56 Å². The zero-order chi connectivity index (χ0) is 24.2. The maximum absolute atomic E-state index is 12.4. The van der Waals surface area contributed by atoms with Crippen molar-refractivity contribution in [1.82, 2.24) is 9.80 Å². The van der Waals surface area contributed by atoms with Crippen molar-refractivity contribution in [3.05, 3.63) is 70.8 Å². The predicted octanol–water partition coefficient (Wildman–Crippen LogP) is 6.14. The van der Waals surface area contributed by atoms with E-state index in [1.54, 1.807) is 23.5 Å². The molecule has 0 aliphatic heterocycles. The second kappa shape index (κ2) is 14.4. The van der Waals surface area contributed by atoms with Crippen LogP contribution in [0, 0.1) is 0 Å². The van der Waals surface area contributed by atoms with Gasteiger partial charge in [-0.05, 0) is 63.1 Å². The monoisotopic (exact) mass is 502 g/mol. The molecule has 0 spiro atoms.